The summed E-state index contributed by atoms with van der Waals surface area (Å²) in [6.07, 6.45) is 5.00. The number of fused-ring (bicyclic) bond motifs is 1. The van der Waals surface area contributed by atoms with Crippen molar-refractivity contribution in [2.75, 3.05) is 5.43 Å². The molecular formula is C14H10ClN3O. The molecule has 0 aliphatic rings. The van der Waals surface area contributed by atoms with Crippen LogP contribution >= 0.6 is 11.6 Å². The molecule has 19 heavy (non-hydrogen) atoms. The van der Waals surface area contributed by atoms with Crippen LogP contribution in [0.1, 0.15) is 10.4 Å². The third kappa shape index (κ3) is 2.18. The van der Waals surface area contributed by atoms with Crippen LogP contribution in [0.15, 0.2) is 55.0 Å². The molecule has 0 aliphatic heterocycles. The Balaban J connectivity index is 2.05. The van der Waals surface area contributed by atoms with Gasteiger partial charge >= 0.3 is 0 Å². The van der Waals surface area contributed by atoms with E-state index in [9.17, 15) is 4.79 Å². The summed E-state index contributed by atoms with van der Waals surface area (Å²) in [5.41, 5.74) is 3.24. The Hall–Kier alpha value is -2.33. The van der Waals surface area contributed by atoms with E-state index in [1.54, 1.807) is 17.1 Å². The Labute approximate surface area is 114 Å². The number of pyridine rings is 1. The third-order valence-electron chi connectivity index (χ3n) is 2.83. The number of hydrogen-bond acceptors (Lipinski definition) is 2. The number of rotatable bonds is 2. The highest BCUT2D eigenvalue weighted by Crippen LogP contribution is 2.24. The number of nitrogens with zero attached hydrogens (tertiary/aromatic N) is 2. The summed E-state index contributed by atoms with van der Waals surface area (Å²) in [4.78, 5) is 16.3. The van der Waals surface area contributed by atoms with E-state index in [1.165, 1.54) is 6.20 Å². The molecule has 3 rings (SSSR count). The highest BCUT2D eigenvalue weighted by molar-refractivity contribution is 6.34. The fourth-order valence-electron chi connectivity index (χ4n) is 1.93. The van der Waals surface area contributed by atoms with Crippen LogP contribution in [0.25, 0.3) is 10.8 Å². The average Bonchev–Trinajstić information content (AvgIpc) is 2.92. The van der Waals surface area contributed by atoms with E-state index in [0.717, 1.165) is 10.8 Å². The first-order valence-electron chi connectivity index (χ1n) is 5.73. The number of benzene rings is 1. The SMILES string of the molecule is O=C(Nn1cccc1)c1cnc(Cl)c2ccccc12. The van der Waals surface area contributed by atoms with Crippen molar-refractivity contribution in [2.24, 2.45) is 0 Å². The van der Waals surface area contributed by atoms with Gasteiger partial charge in [0.2, 0.25) is 0 Å². The van der Waals surface area contributed by atoms with E-state index in [0.29, 0.717) is 10.7 Å². The molecule has 0 aliphatic carbocycles. The number of carbonyl (C=O) groups is 1. The van der Waals surface area contributed by atoms with Gasteiger partial charge in [-0.05, 0) is 17.5 Å². The number of hydrogen-bond donors (Lipinski definition) is 1. The number of carbonyl (C=O) groups excluding carboxylic acids is 1. The van der Waals surface area contributed by atoms with Gasteiger partial charge < -0.3 is 0 Å². The van der Waals surface area contributed by atoms with E-state index in [1.807, 2.05) is 36.4 Å². The molecule has 0 saturated heterocycles. The summed E-state index contributed by atoms with van der Waals surface area (Å²) in [6.45, 7) is 0. The van der Waals surface area contributed by atoms with Crippen molar-refractivity contribution in [1.82, 2.24) is 9.66 Å². The maximum Gasteiger partial charge on any atom is 0.272 e. The molecule has 2 aromatic heterocycles. The highest BCUT2D eigenvalue weighted by Gasteiger charge is 2.12. The fourth-order valence-corrected chi connectivity index (χ4v) is 2.14. The van der Waals surface area contributed by atoms with E-state index >= 15 is 0 Å². The second-order valence-corrected chi connectivity index (χ2v) is 4.40. The fraction of sp³-hybridized carbons (Fsp3) is 0. The van der Waals surface area contributed by atoms with E-state index in [-0.39, 0.29) is 5.91 Å². The quantitative estimate of drug-likeness (QED) is 0.728. The van der Waals surface area contributed by atoms with E-state index in [4.69, 9.17) is 11.6 Å². The summed E-state index contributed by atoms with van der Waals surface area (Å²) in [6, 6.07) is 11.1. The predicted molar refractivity (Wildman–Crippen MR) is 74.9 cm³/mol. The van der Waals surface area contributed by atoms with Crippen molar-refractivity contribution >= 4 is 28.3 Å². The second kappa shape index (κ2) is 4.74. The number of amides is 1. The molecule has 3 aromatic rings. The van der Waals surface area contributed by atoms with Crippen LogP contribution in [-0.4, -0.2) is 15.6 Å². The monoisotopic (exact) mass is 271 g/mol. The Morgan fingerprint density at radius 2 is 1.79 bits per heavy atom. The molecule has 4 nitrogen and oxygen atoms in total. The molecule has 1 aromatic carbocycles. The van der Waals surface area contributed by atoms with Crippen molar-refractivity contribution in [3.05, 3.63) is 65.7 Å². The number of nitrogens with one attached hydrogen (secondary N) is 1. The average molecular weight is 272 g/mol. The summed E-state index contributed by atoms with van der Waals surface area (Å²) in [5.74, 6) is -0.225. The van der Waals surface area contributed by atoms with Gasteiger partial charge in [0.1, 0.15) is 5.15 Å². The van der Waals surface area contributed by atoms with Crippen LogP contribution in [0.3, 0.4) is 0 Å². The van der Waals surface area contributed by atoms with Crippen LogP contribution in [0.4, 0.5) is 0 Å². The molecule has 0 atom stereocenters. The van der Waals surface area contributed by atoms with Gasteiger partial charge in [-0.1, -0.05) is 35.9 Å². The molecule has 0 saturated carbocycles. The van der Waals surface area contributed by atoms with Crippen molar-refractivity contribution in [1.29, 1.82) is 0 Å². The third-order valence-corrected chi connectivity index (χ3v) is 3.13. The predicted octanol–water partition coefficient (Wildman–Crippen LogP) is 3.07. The van der Waals surface area contributed by atoms with Crippen LogP contribution in [0.2, 0.25) is 5.15 Å². The van der Waals surface area contributed by atoms with Crippen molar-refractivity contribution in [3.63, 3.8) is 0 Å². The lowest BCUT2D eigenvalue weighted by Crippen LogP contribution is -2.21. The van der Waals surface area contributed by atoms with Gasteiger partial charge in [-0.25, -0.2) is 4.98 Å². The van der Waals surface area contributed by atoms with Gasteiger partial charge in [-0.3, -0.25) is 14.9 Å². The van der Waals surface area contributed by atoms with Crippen molar-refractivity contribution < 1.29 is 4.79 Å². The standard InChI is InChI=1S/C14H10ClN3O/c15-13-11-6-2-1-5-10(11)12(9-16-13)14(19)17-18-7-3-4-8-18/h1-9H,(H,17,19). The zero-order chi connectivity index (χ0) is 13.2. The lowest BCUT2D eigenvalue weighted by atomic mass is 10.1. The zero-order valence-electron chi connectivity index (χ0n) is 9.88. The summed E-state index contributed by atoms with van der Waals surface area (Å²) in [5, 5.41) is 1.95. The molecule has 5 heteroatoms. The van der Waals surface area contributed by atoms with Crippen LogP contribution in [0, 0.1) is 0 Å². The minimum atomic E-state index is -0.225. The van der Waals surface area contributed by atoms with E-state index < -0.39 is 0 Å². The molecule has 0 spiro atoms. The summed E-state index contributed by atoms with van der Waals surface area (Å²) >= 11 is 6.03. The minimum Gasteiger partial charge on any atom is -0.268 e. The van der Waals surface area contributed by atoms with Crippen molar-refractivity contribution in [2.45, 2.75) is 0 Å². The topological polar surface area (TPSA) is 46.9 Å². The summed E-state index contributed by atoms with van der Waals surface area (Å²) < 4.78 is 1.59. The van der Waals surface area contributed by atoms with Crippen molar-refractivity contribution in [3.8, 4) is 0 Å². The Morgan fingerprint density at radius 1 is 1.11 bits per heavy atom. The van der Waals surface area contributed by atoms with Gasteiger partial charge in [0, 0.05) is 24.0 Å². The lowest BCUT2D eigenvalue weighted by Gasteiger charge is -2.09. The van der Waals surface area contributed by atoms with Gasteiger partial charge in [0.05, 0.1) is 5.56 Å². The molecule has 2 heterocycles. The molecule has 1 amide bonds. The minimum absolute atomic E-state index is 0.225. The maximum atomic E-state index is 12.2. The van der Waals surface area contributed by atoms with Gasteiger partial charge in [-0.2, -0.15) is 0 Å². The molecule has 0 radical (unpaired) electrons. The second-order valence-electron chi connectivity index (χ2n) is 4.04. The van der Waals surface area contributed by atoms with Crippen LogP contribution in [-0.2, 0) is 0 Å². The first kappa shape index (κ1) is 11.7. The maximum absolute atomic E-state index is 12.2. The Kier molecular flexibility index (Phi) is 2.93. The molecule has 0 unspecified atom stereocenters. The molecule has 0 fully saturated rings. The lowest BCUT2D eigenvalue weighted by molar-refractivity contribution is 0.101. The van der Waals surface area contributed by atoms with Gasteiger partial charge in [0.15, 0.2) is 0 Å². The highest BCUT2D eigenvalue weighted by atomic mass is 35.5. The first-order valence-corrected chi connectivity index (χ1v) is 6.11. The van der Waals surface area contributed by atoms with E-state index in [2.05, 4.69) is 10.4 Å². The Morgan fingerprint density at radius 3 is 2.53 bits per heavy atom. The normalized spacial score (nSPS) is 10.6. The van der Waals surface area contributed by atoms with Gasteiger partial charge in [0.25, 0.3) is 5.91 Å². The first-order chi connectivity index (χ1) is 9.25. The summed E-state index contributed by atoms with van der Waals surface area (Å²) in [7, 11) is 0. The smallest absolute Gasteiger partial charge is 0.268 e. The molecule has 0 bridgehead atoms. The molecular weight excluding hydrogens is 262 g/mol. The molecule has 1 N–H and O–H groups in total. The Bertz CT molecular complexity index is 738. The number of aromatic nitrogens is 2. The molecule has 94 valence electrons. The largest absolute Gasteiger partial charge is 0.272 e. The zero-order valence-corrected chi connectivity index (χ0v) is 10.6. The van der Waals surface area contributed by atoms with Crippen LogP contribution < -0.4 is 5.43 Å². The number of halogens is 1. The van der Waals surface area contributed by atoms with Gasteiger partial charge in [-0.15, -0.1) is 0 Å². The van der Waals surface area contributed by atoms with Crippen LogP contribution in [0.5, 0.6) is 0 Å².